The highest BCUT2D eigenvalue weighted by molar-refractivity contribution is 5.98. The lowest BCUT2D eigenvalue weighted by molar-refractivity contribution is 0.0365. The Bertz CT molecular complexity index is 1060. The van der Waals surface area contributed by atoms with Crippen LogP contribution in [0.25, 0.3) is 0 Å². The van der Waals surface area contributed by atoms with Crippen molar-refractivity contribution in [3.05, 3.63) is 95.6 Å². The zero-order chi connectivity index (χ0) is 24.5. The monoisotopic (exact) mass is 472 g/mol. The summed E-state index contributed by atoms with van der Waals surface area (Å²) < 4.78 is 5.59. The molecule has 3 aliphatic rings. The van der Waals surface area contributed by atoms with Crippen LogP contribution in [-0.2, 0) is 4.74 Å². The summed E-state index contributed by atoms with van der Waals surface area (Å²) in [5.74, 6) is 2.20. The van der Waals surface area contributed by atoms with Gasteiger partial charge in [0.1, 0.15) is 11.6 Å². The molecule has 1 aromatic carbocycles. The molecule has 1 fully saturated rings. The molecule has 1 saturated heterocycles. The number of carbonyl (C=O) groups is 1. The second-order valence-corrected chi connectivity index (χ2v) is 8.82. The second kappa shape index (κ2) is 12.5. The molecule has 1 unspecified atom stereocenters. The SMILES string of the molecule is C\C=C/C(=C\C=C\CC)C1C=C2N=C(CCCC(=O)c3ccccc3)C=C(N3CCOCC3)N2N1. The Morgan fingerprint density at radius 2 is 2.03 bits per heavy atom. The molecule has 184 valence electrons. The summed E-state index contributed by atoms with van der Waals surface area (Å²) in [6, 6.07) is 9.56. The van der Waals surface area contributed by atoms with Gasteiger partial charge in [-0.05, 0) is 37.8 Å². The quantitative estimate of drug-likeness (QED) is 0.376. The van der Waals surface area contributed by atoms with E-state index in [0.717, 1.165) is 68.5 Å². The summed E-state index contributed by atoms with van der Waals surface area (Å²) in [6.45, 7) is 7.31. The molecule has 6 nitrogen and oxygen atoms in total. The summed E-state index contributed by atoms with van der Waals surface area (Å²) in [4.78, 5) is 19.9. The molecule has 3 aliphatic heterocycles. The molecule has 0 amide bonds. The van der Waals surface area contributed by atoms with Gasteiger partial charge in [-0.25, -0.2) is 15.4 Å². The Kier molecular flexibility index (Phi) is 8.87. The van der Waals surface area contributed by atoms with Gasteiger partial charge in [0.15, 0.2) is 5.78 Å². The number of nitrogens with zero attached hydrogens (tertiary/aromatic N) is 3. The maximum absolute atomic E-state index is 12.5. The molecule has 0 radical (unpaired) electrons. The van der Waals surface area contributed by atoms with Gasteiger partial charge in [-0.1, -0.05) is 67.6 Å². The molecule has 0 aromatic heterocycles. The van der Waals surface area contributed by atoms with Crippen LogP contribution in [0.2, 0.25) is 0 Å². The number of rotatable bonds is 10. The third-order valence-electron chi connectivity index (χ3n) is 6.24. The minimum Gasteiger partial charge on any atom is -0.378 e. The lowest BCUT2D eigenvalue weighted by Crippen LogP contribution is -2.47. The minimum atomic E-state index is 0.0369. The largest absolute Gasteiger partial charge is 0.378 e. The Morgan fingerprint density at radius 3 is 2.77 bits per heavy atom. The second-order valence-electron chi connectivity index (χ2n) is 8.82. The van der Waals surface area contributed by atoms with E-state index >= 15 is 0 Å². The number of allylic oxidation sites excluding steroid dienone is 5. The van der Waals surface area contributed by atoms with Crippen LogP contribution in [0.4, 0.5) is 0 Å². The standard InChI is InChI=1S/C29H36N4O2/c1-3-5-7-12-23(11-4-2)26-22-28-30-25(15-10-16-27(34)24-13-8-6-9-14-24)21-29(33(28)31-26)32-17-19-35-20-18-32/h4-9,11-14,21-22,26,31H,3,10,15-20H2,1-2H3/b7-5+,11-4-,23-12+. The van der Waals surface area contributed by atoms with E-state index in [-0.39, 0.29) is 11.8 Å². The average Bonchev–Trinajstić information content (AvgIpc) is 3.33. The van der Waals surface area contributed by atoms with Crippen molar-refractivity contribution in [2.75, 3.05) is 26.3 Å². The number of carbonyl (C=O) groups excluding carboxylic acids is 1. The van der Waals surface area contributed by atoms with E-state index in [2.05, 4.69) is 64.8 Å². The zero-order valence-corrected chi connectivity index (χ0v) is 20.8. The number of hydrazine groups is 1. The Balaban J connectivity index is 1.52. The van der Waals surface area contributed by atoms with Crippen molar-refractivity contribution in [1.29, 1.82) is 0 Å². The topological polar surface area (TPSA) is 57.2 Å². The highest BCUT2D eigenvalue weighted by Gasteiger charge is 2.32. The molecule has 4 rings (SSSR count). The summed E-state index contributed by atoms with van der Waals surface area (Å²) in [5.41, 5.74) is 6.62. The Hall–Kier alpha value is -3.22. The van der Waals surface area contributed by atoms with E-state index in [1.807, 2.05) is 37.3 Å². The molecule has 0 aliphatic carbocycles. The van der Waals surface area contributed by atoms with E-state index in [4.69, 9.17) is 9.73 Å². The summed E-state index contributed by atoms with van der Waals surface area (Å²) in [7, 11) is 0. The highest BCUT2D eigenvalue weighted by atomic mass is 16.5. The summed E-state index contributed by atoms with van der Waals surface area (Å²) >= 11 is 0. The third kappa shape index (κ3) is 6.47. The lowest BCUT2D eigenvalue weighted by atomic mass is 10.0. The van der Waals surface area contributed by atoms with E-state index in [1.165, 1.54) is 5.57 Å². The van der Waals surface area contributed by atoms with Gasteiger partial charge in [0.25, 0.3) is 0 Å². The first-order chi connectivity index (χ1) is 17.2. The maximum atomic E-state index is 12.5. The van der Waals surface area contributed by atoms with Crippen LogP contribution < -0.4 is 5.43 Å². The normalized spacial score (nSPS) is 20.8. The maximum Gasteiger partial charge on any atom is 0.162 e. The predicted molar refractivity (Wildman–Crippen MR) is 142 cm³/mol. The van der Waals surface area contributed by atoms with Gasteiger partial charge in [-0.3, -0.25) is 4.79 Å². The molecule has 35 heavy (non-hydrogen) atoms. The van der Waals surface area contributed by atoms with Gasteiger partial charge in [0, 0.05) is 36.9 Å². The lowest BCUT2D eigenvalue weighted by Gasteiger charge is -2.38. The van der Waals surface area contributed by atoms with Crippen molar-refractivity contribution in [2.45, 2.75) is 45.6 Å². The van der Waals surface area contributed by atoms with Gasteiger partial charge >= 0.3 is 0 Å². The van der Waals surface area contributed by atoms with Crippen LogP contribution >= 0.6 is 0 Å². The number of hydrogen-bond acceptors (Lipinski definition) is 6. The fraction of sp³-hybridized carbons (Fsp3) is 0.379. The summed E-state index contributed by atoms with van der Waals surface area (Å²) in [6.07, 6.45) is 18.1. The number of fused-ring (bicyclic) bond motifs is 1. The van der Waals surface area contributed by atoms with Crippen LogP contribution in [-0.4, -0.2) is 53.7 Å². The van der Waals surface area contributed by atoms with Crippen molar-refractivity contribution in [1.82, 2.24) is 15.3 Å². The minimum absolute atomic E-state index is 0.0369. The number of ether oxygens (including phenoxy) is 1. The molecular weight excluding hydrogens is 436 g/mol. The zero-order valence-electron chi connectivity index (χ0n) is 20.8. The number of ketones is 1. The van der Waals surface area contributed by atoms with Crippen molar-refractivity contribution < 1.29 is 9.53 Å². The smallest absolute Gasteiger partial charge is 0.162 e. The first-order valence-electron chi connectivity index (χ1n) is 12.7. The number of nitrogens with one attached hydrogen (secondary N) is 1. The molecule has 0 bridgehead atoms. The van der Waals surface area contributed by atoms with E-state index in [1.54, 1.807) is 0 Å². The van der Waals surface area contributed by atoms with Gasteiger partial charge in [0.05, 0.1) is 19.3 Å². The molecule has 1 N–H and O–H groups in total. The molecular formula is C29H36N4O2. The Labute approximate surface area is 209 Å². The van der Waals surface area contributed by atoms with Crippen LogP contribution in [0.15, 0.2) is 95.1 Å². The predicted octanol–water partition coefficient (Wildman–Crippen LogP) is 5.17. The van der Waals surface area contributed by atoms with Gasteiger partial charge in [-0.2, -0.15) is 0 Å². The average molecular weight is 473 g/mol. The molecule has 0 saturated carbocycles. The number of hydrogen-bond donors (Lipinski definition) is 1. The van der Waals surface area contributed by atoms with Crippen LogP contribution in [0.3, 0.4) is 0 Å². The first-order valence-corrected chi connectivity index (χ1v) is 12.7. The highest BCUT2D eigenvalue weighted by Crippen LogP contribution is 2.29. The van der Waals surface area contributed by atoms with Gasteiger partial charge in [-0.15, -0.1) is 0 Å². The molecule has 1 aromatic rings. The fourth-order valence-electron chi connectivity index (χ4n) is 4.42. The van der Waals surface area contributed by atoms with Crippen LogP contribution in [0, 0.1) is 0 Å². The number of morpholine rings is 1. The first kappa shape index (κ1) is 24.9. The van der Waals surface area contributed by atoms with E-state index < -0.39 is 0 Å². The summed E-state index contributed by atoms with van der Waals surface area (Å²) in [5, 5.41) is 2.11. The van der Waals surface area contributed by atoms with Crippen LogP contribution in [0.5, 0.6) is 0 Å². The van der Waals surface area contributed by atoms with Gasteiger partial charge in [0.2, 0.25) is 0 Å². The molecule has 0 spiro atoms. The molecule has 6 heteroatoms. The van der Waals surface area contributed by atoms with Crippen molar-refractivity contribution in [2.24, 2.45) is 4.99 Å². The molecule has 1 atom stereocenters. The fourth-order valence-corrected chi connectivity index (χ4v) is 4.42. The number of benzene rings is 1. The van der Waals surface area contributed by atoms with E-state index in [0.29, 0.717) is 6.42 Å². The van der Waals surface area contributed by atoms with Crippen molar-refractivity contribution >= 4 is 11.5 Å². The Morgan fingerprint density at radius 1 is 1.23 bits per heavy atom. The van der Waals surface area contributed by atoms with Crippen molar-refractivity contribution in [3.8, 4) is 0 Å². The number of aliphatic imine (C=N–C) groups is 1. The van der Waals surface area contributed by atoms with Crippen molar-refractivity contribution in [3.63, 3.8) is 0 Å². The third-order valence-corrected chi connectivity index (χ3v) is 6.24. The molecule has 3 heterocycles. The van der Waals surface area contributed by atoms with Gasteiger partial charge < -0.3 is 9.64 Å². The van der Waals surface area contributed by atoms with Crippen LogP contribution in [0.1, 0.15) is 49.9 Å². The van der Waals surface area contributed by atoms with E-state index in [9.17, 15) is 4.79 Å². The number of Topliss-reactive ketones (excluding diaryl/α,β-unsaturated/α-hetero) is 1.